The predicted octanol–water partition coefficient (Wildman–Crippen LogP) is 11.3. The van der Waals surface area contributed by atoms with Crippen molar-refractivity contribution >= 4 is 81.9 Å². The molecule has 0 atom stereocenters. The number of aromatic nitrogens is 2. The molecule has 188 valence electrons. The fraction of sp³-hybridized carbons (Fsp3) is 0.0303. The SMILES string of the molecule is C=C/C(=C\C=C/C)c1ncc(-c2cc3cc4cc5sc(-c6cnc(-c7ccccc7)s6)cc5cc4cc3s2)s1. The van der Waals surface area contributed by atoms with Crippen molar-refractivity contribution < 1.29 is 0 Å². The van der Waals surface area contributed by atoms with Crippen molar-refractivity contribution in [3.63, 3.8) is 0 Å². The van der Waals surface area contributed by atoms with E-state index in [0.29, 0.717) is 0 Å². The summed E-state index contributed by atoms with van der Waals surface area (Å²) in [5.74, 6) is 0. The van der Waals surface area contributed by atoms with Gasteiger partial charge in [0.2, 0.25) is 0 Å². The lowest BCUT2D eigenvalue weighted by Gasteiger charge is -1.99. The number of thiazole rings is 2. The van der Waals surface area contributed by atoms with E-state index in [0.717, 1.165) is 15.6 Å². The summed E-state index contributed by atoms with van der Waals surface area (Å²) in [5.41, 5.74) is 2.21. The molecule has 0 bridgehead atoms. The minimum absolute atomic E-state index is 0.994. The standard InChI is InChI=1S/C33H22N2S4/c1-3-5-9-20(4-2)32-34-18-30(38-32)28-16-24-12-22-15-27-25(13-23(22)14-26(24)36-28)17-29(37-27)31-19-35-33(39-31)21-10-7-6-8-11-21/h3-19H,2H2,1H3/b5-3-,20-9+. The maximum Gasteiger partial charge on any atom is 0.123 e. The van der Waals surface area contributed by atoms with Gasteiger partial charge in [-0.3, -0.25) is 0 Å². The molecule has 0 radical (unpaired) electrons. The van der Waals surface area contributed by atoms with E-state index in [1.807, 2.05) is 66.3 Å². The third-order valence-corrected chi connectivity index (χ3v) is 11.2. The van der Waals surface area contributed by atoms with Gasteiger partial charge in [0.25, 0.3) is 0 Å². The summed E-state index contributed by atoms with van der Waals surface area (Å²) in [4.78, 5) is 14.3. The lowest BCUT2D eigenvalue weighted by atomic mass is 10.1. The molecule has 0 aliphatic carbocycles. The van der Waals surface area contributed by atoms with Crippen molar-refractivity contribution in [3.8, 4) is 30.1 Å². The Kier molecular flexibility index (Phi) is 6.33. The van der Waals surface area contributed by atoms with Gasteiger partial charge in [0.1, 0.15) is 10.0 Å². The third kappa shape index (κ3) is 4.60. The molecular weight excluding hydrogens is 553 g/mol. The second-order valence-corrected chi connectivity index (χ2v) is 13.4. The van der Waals surface area contributed by atoms with Crippen LogP contribution in [-0.2, 0) is 0 Å². The fourth-order valence-electron chi connectivity index (χ4n) is 4.62. The predicted molar refractivity (Wildman–Crippen MR) is 175 cm³/mol. The van der Waals surface area contributed by atoms with Crippen LogP contribution in [0.5, 0.6) is 0 Å². The molecule has 0 fully saturated rings. The number of hydrogen-bond acceptors (Lipinski definition) is 6. The molecule has 39 heavy (non-hydrogen) atoms. The summed E-state index contributed by atoms with van der Waals surface area (Å²) in [7, 11) is 0. The van der Waals surface area contributed by atoms with Crippen LogP contribution in [0.15, 0.2) is 110 Å². The Morgan fingerprint density at radius 2 is 1.33 bits per heavy atom. The summed E-state index contributed by atoms with van der Waals surface area (Å²) < 4.78 is 2.60. The van der Waals surface area contributed by atoms with E-state index in [1.165, 1.54) is 56.0 Å². The lowest BCUT2D eigenvalue weighted by molar-refractivity contribution is 1.38. The van der Waals surface area contributed by atoms with E-state index < -0.39 is 0 Å². The molecule has 0 N–H and O–H groups in total. The molecule has 4 aromatic heterocycles. The summed E-state index contributed by atoms with van der Waals surface area (Å²) in [6.45, 7) is 5.97. The quantitative estimate of drug-likeness (QED) is 0.185. The van der Waals surface area contributed by atoms with Gasteiger partial charge in [-0.2, -0.15) is 0 Å². The number of allylic oxidation sites excluding steroid dienone is 5. The zero-order chi connectivity index (χ0) is 26.3. The number of benzene rings is 3. The van der Waals surface area contributed by atoms with E-state index in [2.05, 4.69) is 78.3 Å². The number of hydrogen-bond donors (Lipinski definition) is 0. The highest BCUT2D eigenvalue weighted by atomic mass is 32.1. The van der Waals surface area contributed by atoms with Gasteiger partial charge in [-0.25, -0.2) is 9.97 Å². The van der Waals surface area contributed by atoms with Crippen molar-refractivity contribution in [2.75, 3.05) is 0 Å². The van der Waals surface area contributed by atoms with Crippen molar-refractivity contribution in [3.05, 3.63) is 115 Å². The van der Waals surface area contributed by atoms with Crippen LogP contribution >= 0.6 is 45.3 Å². The van der Waals surface area contributed by atoms with Crippen LogP contribution in [0.4, 0.5) is 0 Å². The van der Waals surface area contributed by atoms with Crippen molar-refractivity contribution in [1.82, 2.24) is 9.97 Å². The van der Waals surface area contributed by atoms with E-state index in [4.69, 9.17) is 4.98 Å². The van der Waals surface area contributed by atoms with Crippen LogP contribution in [0.2, 0.25) is 0 Å². The monoisotopic (exact) mass is 574 g/mol. The van der Waals surface area contributed by atoms with Crippen molar-refractivity contribution in [2.24, 2.45) is 0 Å². The molecule has 0 spiro atoms. The number of nitrogens with zero attached hydrogens (tertiary/aromatic N) is 2. The summed E-state index contributed by atoms with van der Waals surface area (Å²) in [6.07, 6.45) is 12.0. The molecule has 0 saturated heterocycles. The van der Waals surface area contributed by atoms with E-state index in [1.54, 1.807) is 22.7 Å². The average molecular weight is 575 g/mol. The van der Waals surface area contributed by atoms with Gasteiger partial charge in [0, 0.05) is 42.7 Å². The second-order valence-electron chi connectivity index (χ2n) is 9.13. The van der Waals surface area contributed by atoms with Gasteiger partial charge in [-0.05, 0) is 64.9 Å². The topological polar surface area (TPSA) is 25.8 Å². The number of thiophene rings is 2. The molecule has 4 heterocycles. The molecule has 6 heteroatoms. The number of rotatable bonds is 6. The first kappa shape index (κ1) is 24.4. The van der Waals surface area contributed by atoms with Crippen LogP contribution in [0.1, 0.15) is 11.9 Å². The third-order valence-electron chi connectivity index (χ3n) is 6.56. The highest BCUT2D eigenvalue weighted by molar-refractivity contribution is 7.27. The second kappa shape index (κ2) is 10.1. The first-order valence-electron chi connectivity index (χ1n) is 12.5. The zero-order valence-corrected chi connectivity index (χ0v) is 24.3. The molecule has 0 amide bonds. The first-order valence-corrected chi connectivity index (χ1v) is 15.8. The molecule has 3 aromatic carbocycles. The van der Waals surface area contributed by atoms with Gasteiger partial charge >= 0.3 is 0 Å². The first-order chi connectivity index (χ1) is 19.2. The van der Waals surface area contributed by atoms with E-state index in [-0.39, 0.29) is 0 Å². The van der Waals surface area contributed by atoms with E-state index in [9.17, 15) is 0 Å². The van der Waals surface area contributed by atoms with Crippen LogP contribution in [0, 0.1) is 0 Å². The van der Waals surface area contributed by atoms with Gasteiger partial charge < -0.3 is 0 Å². The normalized spacial score (nSPS) is 12.4. The maximum absolute atomic E-state index is 4.69. The molecule has 7 aromatic rings. The zero-order valence-electron chi connectivity index (χ0n) is 21.0. The average Bonchev–Trinajstić information content (AvgIpc) is 3.76. The van der Waals surface area contributed by atoms with Gasteiger partial charge in [0.05, 0.1) is 9.75 Å². The Morgan fingerprint density at radius 3 is 1.97 bits per heavy atom. The summed E-state index contributed by atoms with van der Waals surface area (Å²) in [5, 5.41) is 7.16. The summed E-state index contributed by atoms with van der Waals surface area (Å²) >= 11 is 7.14. The van der Waals surface area contributed by atoms with Crippen LogP contribution in [0.25, 0.3) is 66.6 Å². The molecule has 0 saturated carbocycles. The molecule has 0 aliphatic heterocycles. The molecule has 7 rings (SSSR count). The van der Waals surface area contributed by atoms with Gasteiger partial charge in [-0.15, -0.1) is 45.3 Å². The Labute approximate surface area is 242 Å². The van der Waals surface area contributed by atoms with Crippen molar-refractivity contribution in [1.29, 1.82) is 0 Å². The maximum atomic E-state index is 4.69. The lowest BCUT2D eigenvalue weighted by Crippen LogP contribution is -1.75. The van der Waals surface area contributed by atoms with Crippen LogP contribution in [0.3, 0.4) is 0 Å². The van der Waals surface area contributed by atoms with Gasteiger partial charge in [0.15, 0.2) is 0 Å². The molecule has 0 unspecified atom stereocenters. The van der Waals surface area contributed by atoms with Gasteiger partial charge in [-0.1, -0.05) is 61.2 Å². The minimum Gasteiger partial charge on any atom is -0.244 e. The van der Waals surface area contributed by atoms with Crippen LogP contribution in [-0.4, -0.2) is 9.97 Å². The Bertz CT molecular complexity index is 1980. The van der Waals surface area contributed by atoms with E-state index >= 15 is 0 Å². The molecular formula is C33H22N2S4. The largest absolute Gasteiger partial charge is 0.244 e. The Balaban J connectivity index is 1.23. The fourth-order valence-corrected chi connectivity index (χ4v) is 8.79. The minimum atomic E-state index is 0.994. The number of fused-ring (bicyclic) bond motifs is 3. The smallest absolute Gasteiger partial charge is 0.123 e. The Hall–Kier alpha value is -3.68. The van der Waals surface area contributed by atoms with Crippen molar-refractivity contribution in [2.45, 2.75) is 6.92 Å². The molecule has 2 nitrogen and oxygen atoms in total. The Morgan fingerprint density at radius 1 is 0.692 bits per heavy atom. The molecule has 0 aliphatic rings. The van der Waals surface area contributed by atoms with Crippen LogP contribution < -0.4 is 0 Å². The highest BCUT2D eigenvalue weighted by Crippen LogP contribution is 2.42. The summed E-state index contributed by atoms with van der Waals surface area (Å²) in [6, 6.07) is 24.3. The highest BCUT2D eigenvalue weighted by Gasteiger charge is 2.13.